The van der Waals surface area contributed by atoms with Gasteiger partial charge in [-0.15, -0.1) is 0 Å². The zero-order valence-electron chi connectivity index (χ0n) is 11.7. The first-order chi connectivity index (χ1) is 8.13. The molecule has 0 aliphatic rings. The van der Waals surface area contributed by atoms with Crippen LogP contribution < -0.4 is 5.73 Å². The molecule has 0 aromatic heterocycles. The van der Waals surface area contributed by atoms with Gasteiger partial charge in [0.1, 0.15) is 0 Å². The van der Waals surface area contributed by atoms with E-state index in [-0.39, 0.29) is 0 Å². The topological polar surface area (TPSA) is 63.4 Å². The van der Waals surface area contributed by atoms with Crippen LogP contribution in [0.15, 0.2) is 23.1 Å². The Balaban J connectivity index is 3.30. The molecule has 18 heavy (non-hydrogen) atoms. The summed E-state index contributed by atoms with van der Waals surface area (Å²) in [6.45, 7) is 7.56. The van der Waals surface area contributed by atoms with Crippen LogP contribution in [0.5, 0.6) is 0 Å². The molecule has 2 N–H and O–H groups in total. The molecular weight excluding hydrogens is 248 g/mol. The second-order valence-electron chi connectivity index (χ2n) is 5.16. The van der Waals surface area contributed by atoms with Crippen molar-refractivity contribution >= 4 is 15.7 Å². The zero-order chi connectivity index (χ0) is 14.1. The van der Waals surface area contributed by atoms with Crippen LogP contribution in [0, 0.1) is 6.92 Å². The summed E-state index contributed by atoms with van der Waals surface area (Å²) in [5, 5.41) is 0. The Bertz CT molecular complexity index is 536. The summed E-state index contributed by atoms with van der Waals surface area (Å²) in [5.74, 6) is 0. The summed E-state index contributed by atoms with van der Waals surface area (Å²) in [6, 6.07) is 4.87. The molecule has 0 heterocycles. The average molecular weight is 270 g/mol. The van der Waals surface area contributed by atoms with Crippen LogP contribution in [-0.2, 0) is 10.0 Å². The van der Waals surface area contributed by atoms with Crippen molar-refractivity contribution in [3.63, 3.8) is 0 Å². The van der Waals surface area contributed by atoms with Crippen LogP contribution in [-0.4, -0.2) is 25.3 Å². The monoisotopic (exact) mass is 270 g/mol. The molecule has 1 aromatic rings. The number of benzene rings is 1. The summed E-state index contributed by atoms with van der Waals surface area (Å²) < 4.78 is 26.5. The van der Waals surface area contributed by atoms with E-state index in [9.17, 15) is 8.42 Å². The molecule has 0 spiro atoms. The van der Waals surface area contributed by atoms with Crippen LogP contribution in [0.25, 0.3) is 0 Å². The third-order valence-electron chi connectivity index (χ3n) is 3.56. The third-order valence-corrected chi connectivity index (χ3v) is 5.78. The van der Waals surface area contributed by atoms with E-state index in [2.05, 4.69) is 0 Å². The molecule has 0 fully saturated rings. The van der Waals surface area contributed by atoms with E-state index >= 15 is 0 Å². The van der Waals surface area contributed by atoms with E-state index < -0.39 is 15.6 Å². The van der Waals surface area contributed by atoms with Gasteiger partial charge in [-0.25, -0.2) is 8.42 Å². The van der Waals surface area contributed by atoms with Crippen LogP contribution in [0.2, 0.25) is 0 Å². The predicted octanol–water partition coefficient (Wildman–Crippen LogP) is 2.39. The van der Waals surface area contributed by atoms with E-state index in [1.165, 1.54) is 4.31 Å². The summed E-state index contributed by atoms with van der Waals surface area (Å²) in [7, 11) is -1.86. The lowest BCUT2D eigenvalue weighted by atomic mass is 10.0. The van der Waals surface area contributed by atoms with Crippen molar-refractivity contribution < 1.29 is 8.42 Å². The number of nitrogens with zero attached hydrogens (tertiary/aromatic N) is 1. The molecule has 0 saturated carbocycles. The number of aryl methyl sites for hydroxylation is 1. The second kappa shape index (κ2) is 4.90. The Morgan fingerprint density at radius 3 is 2.33 bits per heavy atom. The van der Waals surface area contributed by atoms with Crippen LogP contribution in [0.4, 0.5) is 5.69 Å². The maximum Gasteiger partial charge on any atom is 0.243 e. The van der Waals surface area contributed by atoms with Gasteiger partial charge in [-0.1, -0.05) is 6.92 Å². The largest absolute Gasteiger partial charge is 0.399 e. The van der Waals surface area contributed by atoms with Crippen molar-refractivity contribution in [2.24, 2.45) is 0 Å². The molecule has 0 unspecified atom stereocenters. The minimum atomic E-state index is -3.48. The molecule has 0 radical (unpaired) electrons. The minimum absolute atomic E-state index is 0.320. The van der Waals surface area contributed by atoms with Gasteiger partial charge < -0.3 is 5.73 Å². The number of rotatable bonds is 4. The van der Waals surface area contributed by atoms with Crippen LogP contribution in [0.3, 0.4) is 0 Å². The Hall–Kier alpha value is -1.07. The van der Waals surface area contributed by atoms with Crippen LogP contribution in [0.1, 0.15) is 32.8 Å². The third kappa shape index (κ3) is 2.67. The minimum Gasteiger partial charge on any atom is -0.399 e. The molecule has 1 aromatic carbocycles. The van der Waals surface area contributed by atoms with Gasteiger partial charge in [0.15, 0.2) is 0 Å². The summed E-state index contributed by atoms with van der Waals surface area (Å²) in [6.07, 6.45) is 0.747. The van der Waals surface area contributed by atoms with Gasteiger partial charge in [0.2, 0.25) is 10.0 Å². The lowest BCUT2D eigenvalue weighted by Gasteiger charge is -2.34. The van der Waals surface area contributed by atoms with Gasteiger partial charge in [0.25, 0.3) is 0 Å². The summed E-state index contributed by atoms with van der Waals surface area (Å²) in [5.41, 5.74) is 6.49. The fourth-order valence-corrected chi connectivity index (χ4v) is 3.44. The van der Waals surface area contributed by atoms with E-state index in [1.54, 1.807) is 32.2 Å². The molecule has 5 heteroatoms. The number of nitrogen functional groups attached to an aromatic ring is 1. The maximum atomic E-state index is 12.6. The normalized spacial score (nSPS) is 13.0. The highest BCUT2D eigenvalue weighted by Gasteiger charge is 2.33. The molecule has 0 aliphatic heterocycles. The molecule has 0 amide bonds. The number of anilines is 1. The van der Waals surface area contributed by atoms with Gasteiger partial charge in [-0.3, -0.25) is 0 Å². The quantitative estimate of drug-likeness (QED) is 0.854. The van der Waals surface area contributed by atoms with Gasteiger partial charge in [-0.05, 0) is 51.0 Å². The molecular formula is C13H22N2O2S. The Morgan fingerprint density at radius 2 is 1.89 bits per heavy atom. The molecule has 0 saturated heterocycles. The summed E-state index contributed by atoms with van der Waals surface area (Å²) in [4.78, 5) is 0.320. The lowest BCUT2D eigenvalue weighted by molar-refractivity contribution is 0.257. The lowest BCUT2D eigenvalue weighted by Crippen LogP contribution is -2.44. The maximum absolute atomic E-state index is 12.6. The highest BCUT2D eigenvalue weighted by atomic mass is 32.2. The van der Waals surface area contributed by atoms with E-state index in [4.69, 9.17) is 5.73 Å². The molecule has 4 nitrogen and oxygen atoms in total. The standard InChI is InChI=1S/C13H22N2O2S/c1-6-13(3,4)15(5)18(16,17)12-8-7-11(14)9-10(12)2/h7-9H,6,14H2,1-5H3. The predicted molar refractivity (Wildman–Crippen MR) is 74.9 cm³/mol. The molecule has 0 atom stereocenters. The highest BCUT2D eigenvalue weighted by molar-refractivity contribution is 7.89. The highest BCUT2D eigenvalue weighted by Crippen LogP contribution is 2.27. The first kappa shape index (κ1) is 15.0. The van der Waals surface area contributed by atoms with Crippen molar-refractivity contribution in [1.29, 1.82) is 0 Å². The Kier molecular flexibility index (Phi) is 4.08. The van der Waals surface area contributed by atoms with E-state index in [0.29, 0.717) is 16.1 Å². The average Bonchev–Trinajstić information content (AvgIpc) is 2.27. The van der Waals surface area contributed by atoms with Crippen molar-refractivity contribution in [1.82, 2.24) is 4.31 Å². The van der Waals surface area contributed by atoms with Crippen molar-refractivity contribution in [2.45, 2.75) is 44.6 Å². The SMILES string of the molecule is CCC(C)(C)N(C)S(=O)(=O)c1ccc(N)cc1C. The first-order valence-corrected chi connectivity index (χ1v) is 7.42. The molecule has 102 valence electrons. The van der Waals surface area contributed by atoms with Crippen molar-refractivity contribution in [3.05, 3.63) is 23.8 Å². The van der Waals surface area contributed by atoms with Crippen molar-refractivity contribution in [2.75, 3.05) is 12.8 Å². The fourth-order valence-electron chi connectivity index (χ4n) is 1.66. The van der Waals surface area contributed by atoms with Crippen LogP contribution >= 0.6 is 0 Å². The Morgan fingerprint density at radius 1 is 1.33 bits per heavy atom. The van der Waals surface area contributed by atoms with Gasteiger partial charge in [0.05, 0.1) is 4.90 Å². The number of hydrogen-bond acceptors (Lipinski definition) is 3. The van der Waals surface area contributed by atoms with Gasteiger partial charge in [0, 0.05) is 18.3 Å². The van der Waals surface area contributed by atoms with E-state index in [1.807, 2.05) is 20.8 Å². The first-order valence-electron chi connectivity index (χ1n) is 5.98. The zero-order valence-corrected chi connectivity index (χ0v) is 12.5. The van der Waals surface area contributed by atoms with Gasteiger partial charge >= 0.3 is 0 Å². The Labute approximate surface area is 110 Å². The number of nitrogens with two attached hydrogens (primary N) is 1. The number of hydrogen-bond donors (Lipinski definition) is 1. The molecule has 0 bridgehead atoms. The number of sulfonamides is 1. The second-order valence-corrected chi connectivity index (χ2v) is 7.10. The van der Waals surface area contributed by atoms with Crippen molar-refractivity contribution in [3.8, 4) is 0 Å². The van der Waals surface area contributed by atoms with E-state index in [0.717, 1.165) is 6.42 Å². The van der Waals surface area contributed by atoms with Gasteiger partial charge in [-0.2, -0.15) is 4.31 Å². The summed E-state index contributed by atoms with van der Waals surface area (Å²) >= 11 is 0. The smallest absolute Gasteiger partial charge is 0.243 e. The molecule has 1 rings (SSSR count). The fraction of sp³-hybridized carbons (Fsp3) is 0.538. The molecule has 0 aliphatic carbocycles.